The van der Waals surface area contributed by atoms with Crippen LogP contribution >= 0.6 is 11.5 Å². The van der Waals surface area contributed by atoms with Gasteiger partial charge in [-0.15, -0.1) is 5.10 Å². The van der Waals surface area contributed by atoms with Gasteiger partial charge in [-0.2, -0.15) is 0 Å². The van der Waals surface area contributed by atoms with Crippen LogP contribution in [0.5, 0.6) is 5.75 Å². The van der Waals surface area contributed by atoms with Gasteiger partial charge < -0.3 is 9.84 Å². The first-order valence-corrected chi connectivity index (χ1v) is 5.38. The van der Waals surface area contributed by atoms with E-state index in [1.807, 2.05) is 0 Å². The summed E-state index contributed by atoms with van der Waals surface area (Å²) >= 11 is 0.564. The Morgan fingerprint density at radius 2 is 2.17 bits per heavy atom. The van der Waals surface area contributed by atoms with E-state index in [0.717, 1.165) is 6.07 Å². The zero-order valence-electron chi connectivity index (χ0n) is 8.66. The molecule has 92 valence electrons. The fraction of sp³-hybridized carbons (Fsp3) is 0. The molecular formula is C10H5FN2O4S. The molecule has 1 N–H and O–H groups in total. The lowest BCUT2D eigenvalue weighted by atomic mass is 10.3. The van der Waals surface area contributed by atoms with Gasteiger partial charge in [0.1, 0.15) is 11.6 Å². The quantitative estimate of drug-likeness (QED) is 0.671. The van der Waals surface area contributed by atoms with Crippen molar-refractivity contribution in [3.63, 3.8) is 0 Å². The smallest absolute Gasteiger partial charge is 0.366 e. The average Bonchev–Trinajstić information content (AvgIpc) is 2.77. The zero-order chi connectivity index (χ0) is 13.1. The van der Waals surface area contributed by atoms with Gasteiger partial charge in [-0.25, -0.2) is 14.0 Å². The van der Waals surface area contributed by atoms with Crippen molar-refractivity contribution in [2.45, 2.75) is 0 Å². The van der Waals surface area contributed by atoms with Gasteiger partial charge in [0, 0.05) is 6.07 Å². The van der Waals surface area contributed by atoms with E-state index in [1.54, 1.807) is 0 Å². The third-order valence-electron chi connectivity index (χ3n) is 1.88. The number of carbonyl (C=O) groups is 2. The molecule has 0 radical (unpaired) electrons. The molecule has 0 spiro atoms. The Hall–Kier alpha value is -2.35. The Morgan fingerprint density at radius 1 is 1.39 bits per heavy atom. The van der Waals surface area contributed by atoms with Crippen LogP contribution in [0.4, 0.5) is 4.39 Å². The van der Waals surface area contributed by atoms with Gasteiger partial charge in [-0.3, -0.25) is 0 Å². The van der Waals surface area contributed by atoms with Crippen LogP contribution < -0.4 is 4.74 Å². The van der Waals surface area contributed by atoms with Crippen molar-refractivity contribution in [1.82, 2.24) is 9.59 Å². The molecule has 0 saturated heterocycles. The number of hydrogen-bond acceptors (Lipinski definition) is 6. The first-order chi connectivity index (χ1) is 8.58. The molecule has 1 heterocycles. The Bertz CT molecular complexity index is 613. The van der Waals surface area contributed by atoms with Gasteiger partial charge in [-0.05, 0) is 23.7 Å². The Kier molecular flexibility index (Phi) is 3.28. The molecule has 0 fully saturated rings. The number of hydrogen-bond donors (Lipinski definition) is 1. The third-order valence-corrected chi connectivity index (χ3v) is 2.60. The van der Waals surface area contributed by atoms with E-state index in [0.29, 0.717) is 11.5 Å². The van der Waals surface area contributed by atoms with Crippen LogP contribution in [0.25, 0.3) is 0 Å². The highest BCUT2D eigenvalue weighted by Gasteiger charge is 2.23. The van der Waals surface area contributed by atoms with Crippen molar-refractivity contribution in [2.75, 3.05) is 0 Å². The monoisotopic (exact) mass is 268 g/mol. The van der Waals surface area contributed by atoms with Crippen LogP contribution in [0.2, 0.25) is 0 Å². The summed E-state index contributed by atoms with van der Waals surface area (Å²) in [5.74, 6) is -2.93. The van der Waals surface area contributed by atoms with E-state index in [1.165, 1.54) is 18.2 Å². The fourth-order valence-corrected chi connectivity index (χ4v) is 1.64. The molecule has 8 heteroatoms. The number of benzene rings is 1. The van der Waals surface area contributed by atoms with E-state index in [2.05, 4.69) is 9.59 Å². The molecule has 6 nitrogen and oxygen atoms in total. The van der Waals surface area contributed by atoms with E-state index < -0.39 is 23.4 Å². The molecule has 0 aliphatic rings. The second-order valence-corrected chi connectivity index (χ2v) is 3.86. The number of carbonyl (C=O) groups excluding carboxylic acids is 1. The van der Waals surface area contributed by atoms with Crippen molar-refractivity contribution in [2.24, 2.45) is 0 Å². The molecule has 0 aliphatic carbocycles. The lowest BCUT2D eigenvalue weighted by Crippen LogP contribution is -2.13. The number of aromatic nitrogens is 2. The molecule has 1 aromatic heterocycles. The van der Waals surface area contributed by atoms with E-state index in [-0.39, 0.29) is 10.6 Å². The normalized spacial score (nSPS) is 10.1. The van der Waals surface area contributed by atoms with Crippen LogP contribution in [0.15, 0.2) is 24.3 Å². The summed E-state index contributed by atoms with van der Waals surface area (Å²) in [6.45, 7) is 0. The largest absolute Gasteiger partial charge is 0.477 e. The van der Waals surface area contributed by atoms with Crippen LogP contribution in [-0.4, -0.2) is 26.6 Å². The van der Waals surface area contributed by atoms with Gasteiger partial charge in [0.25, 0.3) is 0 Å². The lowest BCUT2D eigenvalue weighted by molar-refractivity contribution is 0.0669. The number of esters is 1. The highest BCUT2D eigenvalue weighted by atomic mass is 32.1. The number of carboxylic acid groups (broad SMARTS) is 1. The molecule has 2 aromatic rings. The molecule has 18 heavy (non-hydrogen) atoms. The Morgan fingerprint density at radius 3 is 2.83 bits per heavy atom. The highest BCUT2D eigenvalue weighted by molar-refractivity contribution is 7.08. The van der Waals surface area contributed by atoms with Crippen LogP contribution in [0, 0.1) is 5.82 Å². The lowest BCUT2D eigenvalue weighted by Gasteiger charge is -2.02. The van der Waals surface area contributed by atoms with Crippen LogP contribution in [0.3, 0.4) is 0 Å². The summed E-state index contributed by atoms with van der Waals surface area (Å²) in [5.41, 5.74) is -0.406. The molecule has 0 aliphatic heterocycles. The van der Waals surface area contributed by atoms with Crippen molar-refractivity contribution < 1.29 is 23.8 Å². The number of ether oxygens (including phenoxy) is 1. The van der Waals surface area contributed by atoms with Gasteiger partial charge in [0.15, 0.2) is 10.6 Å². The summed E-state index contributed by atoms with van der Waals surface area (Å²) in [6.07, 6.45) is 0. The first-order valence-electron chi connectivity index (χ1n) is 4.61. The van der Waals surface area contributed by atoms with E-state index in [9.17, 15) is 14.0 Å². The zero-order valence-corrected chi connectivity index (χ0v) is 9.48. The summed E-state index contributed by atoms with van der Waals surface area (Å²) in [7, 11) is 0. The number of halogens is 1. The number of rotatable bonds is 3. The number of carboxylic acids is 1. The van der Waals surface area contributed by atoms with Crippen molar-refractivity contribution in [3.8, 4) is 5.75 Å². The maximum atomic E-state index is 12.9. The number of nitrogens with zero attached hydrogens (tertiary/aromatic N) is 2. The van der Waals surface area contributed by atoms with E-state index >= 15 is 0 Å². The number of aromatic carboxylic acids is 1. The Labute approximate surface area is 104 Å². The van der Waals surface area contributed by atoms with Gasteiger partial charge >= 0.3 is 11.9 Å². The van der Waals surface area contributed by atoms with Crippen LogP contribution in [0.1, 0.15) is 20.2 Å². The minimum Gasteiger partial charge on any atom is -0.477 e. The maximum Gasteiger partial charge on any atom is 0.366 e. The molecule has 0 atom stereocenters. The minimum atomic E-state index is -1.32. The SMILES string of the molecule is O=C(Oc1cccc(F)c1)c1nnsc1C(=O)O. The van der Waals surface area contributed by atoms with Gasteiger partial charge in [0.05, 0.1) is 0 Å². The molecule has 0 bridgehead atoms. The topological polar surface area (TPSA) is 89.4 Å². The minimum absolute atomic E-state index is 0.0376. The molecule has 0 unspecified atom stereocenters. The predicted octanol–water partition coefficient (Wildman–Crippen LogP) is 1.59. The molecule has 0 saturated carbocycles. The molecule has 1 aromatic carbocycles. The van der Waals surface area contributed by atoms with Gasteiger partial charge in [-0.1, -0.05) is 10.6 Å². The second-order valence-electron chi connectivity index (χ2n) is 3.10. The first kappa shape index (κ1) is 12.1. The standard InChI is InChI=1S/C10H5FN2O4S/c11-5-2-1-3-6(4-5)17-10(16)7-8(9(14)15)18-13-12-7/h1-4H,(H,14,15). The third kappa shape index (κ3) is 2.48. The predicted molar refractivity (Wildman–Crippen MR) is 58.2 cm³/mol. The maximum absolute atomic E-state index is 12.9. The van der Waals surface area contributed by atoms with Gasteiger partial charge in [0.2, 0.25) is 0 Å². The fourth-order valence-electron chi connectivity index (χ4n) is 1.15. The van der Waals surface area contributed by atoms with Crippen molar-refractivity contribution in [1.29, 1.82) is 0 Å². The van der Waals surface area contributed by atoms with Crippen LogP contribution in [-0.2, 0) is 0 Å². The summed E-state index contributed by atoms with van der Waals surface area (Å²) in [6, 6.07) is 4.90. The molecular weight excluding hydrogens is 263 g/mol. The summed E-state index contributed by atoms with van der Waals surface area (Å²) < 4.78 is 21.0. The molecule has 0 amide bonds. The van der Waals surface area contributed by atoms with Crippen molar-refractivity contribution >= 4 is 23.5 Å². The van der Waals surface area contributed by atoms with Crippen molar-refractivity contribution in [3.05, 3.63) is 40.7 Å². The summed E-state index contributed by atoms with van der Waals surface area (Å²) in [4.78, 5) is 22.0. The molecule has 2 rings (SSSR count). The second kappa shape index (κ2) is 4.88. The van der Waals surface area contributed by atoms with E-state index in [4.69, 9.17) is 9.84 Å². The highest BCUT2D eigenvalue weighted by Crippen LogP contribution is 2.16. The Balaban J connectivity index is 2.22. The summed E-state index contributed by atoms with van der Waals surface area (Å²) in [5, 5.41) is 12.2. The average molecular weight is 268 g/mol.